The SMILES string of the molecule is CCN(CC)C(=O)c1ccc(N2CCN(Cc3cc(-c4cccc(O)c4)cs3)CC2)cc1. The fraction of sp³-hybridized carbons (Fsp3) is 0.346. The van der Waals surface area contributed by atoms with Gasteiger partial charge in [-0.15, -0.1) is 11.3 Å². The van der Waals surface area contributed by atoms with E-state index in [0.717, 1.165) is 56.9 Å². The van der Waals surface area contributed by atoms with E-state index in [4.69, 9.17) is 0 Å². The van der Waals surface area contributed by atoms with Crippen molar-refractivity contribution in [1.29, 1.82) is 0 Å². The standard InChI is InChI=1S/C26H31N3O2S/c1-3-28(4-2)26(31)20-8-10-23(11-9-20)29-14-12-27(13-15-29)18-25-17-22(19-32-25)21-6-5-7-24(30)16-21/h5-11,16-17,19,30H,3-4,12-15,18H2,1-2H3. The van der Waals surface area contributed by atoms with Gasteiger partial charge in [-0.25, -0.2) is 0 Å². The van der Waals surface area contributed by atoms with Crippen LogP contribution in [0.2, 0.25) is 0 Å². The molecule has 1 amide bonds. The summed E-state index contributed by atoms with van der Waals surface area (Å²) in [5.41, 5.74) is 4.17. The molecule has 6 heteroatoms. The van der Waals surface area contributed by atoms with Gasteiger partial charge >= 0.3 is 0 Å². The minimum absolute atomic E-state index is 0.104. The lowest BCUT2D eigenvalue weighted by Gasteiger charge is -2.36. The van der Waals surface area contributed by atoms with Crippen LogP contribution in [0.25, 0.3) is 11.1 Å². The lowest BCUT2D eigenvalue weighted by Crippen LogP contribution is -2.45. The molecule has 1 aliphatic rings. The Kier molecular flexibility index (Phi) is 7.12. The lowest BCUT2D eigenvalue weighted by molar-refractivity contribution is 0.0773. The molecule has 0 aliphatic carbocycles. The quantitative estimate of drug-likeness (QED) is 0.556. The van der Waals surface area contributed by atoms with E-state index in [0.29, 0.717) is 5.75 Å². The summed E-state index contributed by atoms with van der Waals surface area (Å²) < 4.78 is 0. The predicted molar refractivity (Wildman–Crippen MR) is 133 cm³/mol. The summed E-state index contributed by atoms with van der Waals surface area (Å²) in [6.07, 6.45) is 0. The Bertz CT molecular complexity index is 1040. The highest BCUT2D eigenvalue weighted by Crippen LogP contribution is 2.29. The molecule has 1 aliphatic heterocycles. The van der Waals surface area contributed by atoms with Crippen molar-refractivity contribution in [3.63, 3.8) is 0 Å². The van der Waals surface area contributed by atoms with E-state index in [1.165, 1.54) is 16.1 Å². The smallest absolute Gasteiger partial charge is 0.253 e. The Hall–Kier alpha value is -2.83. The van der Waals surface area contributed by atoms with Crippen LogP contribution in [0.3, 0.4) is 0 Å². The van der Waals surface area contributed by atoms with Crippen LogP contribution in [-0.4, -0.2) is 60.1 Å². The second-order valence-electron chi connectivity index (χ2n) is 8.14. The van der Waals surface area contributed by atoms with Gasteiger partial charge < -0.3 is 14.9 Å². The van der Waals surface area contributed by atoms with Crippen molar-refractivity contribution in [3.8, 4) is 16.9 Å². The molecule has 1 N–H and O–H groups in total. The first-order chi connectivity index (χ1) is 15.6. The molecular weight excluding hydrogens is 418 g/mol. The summed E-state index contributed by atoms with van der Waals surface area (Å²) in [5.74, 6) is 0.407. The third kappa shape index (κ3) is 5.14. The molecule has 2 aromatic carbocycles. The largest absolute Gasteiger partial charge is 0.508 e. The maximum Gasteiger partial charge on any atom is 0.253 e. The van der Waals surface area contributed by atoms with Crippen LogP contribution in [0, 0.1) is 0 Å². The summed E-state index contributed by atoms with van der Waals surface area (Å²) in [7, 11) is 0. The third-order valence-corrected chi connectivity index (χ3v) is 7.04. The molecule has 0 saturated carbocycles. The van der Waals surface area contributed by atoms with Crippen molar-refractivity contribution in [3.05, 3.63) is 70.4 Å². The molecule has 0 unspecified atom stereocenters. The van der Waals surface area contributed by atoms with Crippen molar-refractivity contribution < 1.29 is 9.90 Å². The van der Waals surface area contributed by atoms with E-state index in [9.17, 15) is 9.90 Å². The molecule has 32 heavy (non-hydrogen) atoms. The first kappa shape index (κ1) is 22.4. The predicted octanol–water partition coefficient (Wildman–Crippen LogP) is 4.92. The van der Waals surface area contributed by atoms with E-state index in [2.05, 4.69) is 33.4 Å². The number of piperazine rings is 1. The summed E-state index contributed by atoms with van der Waals surface area (Å²) in [6, 6.07) is 17.7. The Morgan fingerprint density at radius 2 is 1.69 bits per heavy atom. The van der Waals surface area contributed by atoms with Crippen molar-refractivity contribution >= 4 is 22.9 Å². The highest BCUT2D eigenvalue weighted by molar-refractivity contribution is 7.10. The summed E-state index contributed by atoms with van der Waals surface area (Å²) >= 11 is 1.78. The Morgan fingerprint density at radius 1 is 0.969 bits per heavy atom. The molecule has 1 fully saturated rings. The number of phenols is 1. The van der Waals surface area contributed by atoms with Gasteiger partial charge in [0.15, 0.2) is 0 Å². The van der Waals surface area contributed by atoms with Gasteiger partial charge in [0.25, 0.3) is 5.91 Å². The van der Waals surface area contributed by atoms with Crippen LogP contribution in [0.1, 0.15) is 29.1 Å². The Labute approximate surface area is 194 Å². The Balaban J connectivity index is 1.31. The zero-order chi connectivity index (χ0) is 22.5. The second kappa shape index (κ2) is 10.2. The van der Waals surface area contributed by atoms with E-state index < -0.39 is 0 Å². The molecule has 2 heterocycles. The normalized spacial score (nSPS) is 14.5. The summed E-state index contributed by atoms with van der Waals surface area (Å²) in [6.45, 7) is 10.4. The number of thiophene rings is 1. The van der Waals surface area contributed by atoms with Gasteiger partial charge in [-0.2, -0.15) is 0 Å². The minimum atomic E-state index is 0.104. The van der Waals surface area contributed by atoms with Crippen LogP contribution in [0.5, 0.6) is 5.75 Å². The van der Waals surface area contributed by atoms with Crippen molar-refractivity contribution in [2.24, 2.45) is 0 Å². The number of nitrogens with zero attached hydrogens (tertiary/aromatic N) is 3. The first-order valence-electron chi connectivity index (χ1n) is 11.3. The van der Waals surface area contributed by atoms with E-state index in [-0.39, 0.29) is 5.91 Å². The second-order valence-corrected chi connectivity index (χ2v) is 9.14. The molecule has 1 aromatic heterocycles. The number of amides is 1. The van der Waals surface area contributed by atoms with Gasteiger partial charge in [0.2, 0.25) is 0 Å². The Morgan fingerprint density at radius 3 is 2.34 bits per heavy atom. The number of benzene rings is 2. The molecule has 0 radical (unpaired) electrons. The fourth-order valence-corrected chi connectivity index (χ4v) is 5.13. The molecular formula is C26H31N3O2S. The number of hydrogen-bond donors (Lipinski definition) is 1. The zero-order valence-corrected chi connectivity index (χ0v) is 19.6. The van der Waals surface area contributed by atoms with E-state index in [1.54, 1.807) is 17.4 Å². The minimum Gasteiger partial charge on any atom is -0.508 e. The maximum atomic E-state index is 12.5. The van der Waals surface area contributed by atoms with Crippen LogP contribution in [0.15, 0.2) is 60.0 Å². The molecule has 168 valence electrons. The van der Waals surface area contributed by atoms with Gasteiger partial charge in [0, 0.05) is 61.9 Å². The maximum absolute atomic E-state index is 12.5. The lowest BCUT2D eigenvalue weighted by atomic mass is 10.1. The van der Waals surface area contributed by atoms with E-state index >= 15 is 0 Å². The fourth-order valence-electron chi connectivity index (χ4n) is 4.19. The number of phenolic OH excluding ortho intramolecular Hbond substituents is 1. The zero-order valence-electron chi connectivity index (χ0n) is 18.8. The molecule has 3 aromatic rings. The number of carbonyl (C=O) groups excluding carboxylic acids is 1. The topological polar surface area (TPSA) is 47.0 Å². The number of rotatable bonds is 7. The summed E-state index contributed by atoms with van der Waals surface area (Å²) in [4.78, 5) is 20.6. The number of anilines is 1. The number of hydrogen-bond acceptors (Lipinski definition) is 5. The number of aromatic hydroxyl groups is 1. The van der Waals surface area contributed by atoms with Gasteiger partial charge in [0.1, 0.15) is 5.75 Å². The molecule has 1 saturated heterocycles. The first-order valence-corrected chi connectivity index (χ1v) is 12.2. The van der Waals surface area contributed by atoms with Gasteiger partial charge in [-0.3, -0.25) is 9.69 Å². The highest BCUT2D eigenvalue weighted by atomic mass is 32.1. The average Bonchev–Trinajstić information content (AvgIpc) is 3.29. The van der Waals surface area contributed by atoms with E-state index in [1.807, 2.05) is 49.1 Å². The third-order valence-electron chi connectivity index (χ3n) is 6.12. The van der Waals surface area contributed by atoms with Crippen molar-refractivity contribution in [2.75, 3.05) is 44.2 Å². The monoisotopic (exact) mass is 449 g/mol. The molecule has 0 spiro atoms. The van der Waals surface area contributed by atoms with Crippen LogP contribution >= 0.6 is 11.3 Å². The molecule has 5 nitrogen and oxygen atoms in total. The van der Waals surface area contributed by atoms with Crippen molar-refractivity contribution in [2.45, 2.75) is 20.4 Å². The molecule has 4 rings (SSSR count). The van der Waals surface area contributed by atoms with Crippen LogP contribution < -0.4 is 4.90 Å². The number of carbonyl (C=O) groups is 1. The molecule has 0 bridgehead atoms. The van der Waals surface area contributed by atoms with Gasteiger partial charge in [-0.05, 0) is 72.8 Å². The summed E-state index contributed by atoms with van der Waals surface area (Å²) in [5, 5.41) is 11.9. The van der Waals surface area contributed by atoms with Gasteiger partial charge in [-0.1, -0.05) is 12.1 Å². The highest BCUT2D eigenvalue weighted by Gasteiger charge is 2.19. The molecule has 0 atom stereocenters. The van der Waals surface area contributed by atoms with Crippen LogP contribution in [0.4, 0.5) is 5.69 Å². The van der Waals surface area contributed by atoms with Crippen LogP contribution in [-0.2, 0) is 6.54 Å². The van der Waals surface area contributed by atoms with Gasteiger partial charge in [0.05, 0.1) is 0 Å². The van der Waals surface area contributed by atoms with Crippen molar-refractivity contribution in [1.82, 2.24) is 9.80 Å². The average molecular weight is 450 g/mol.